The molecule has 0 radical (unpaired) electrons. The van der Waals surface area contributed by atoms with Gasteiger partial charge in [0.2, 0.25) is 5.91 Å². The predicted octanol–water partition coefficient (Wildman–Crippen LogP) is 4.88. The van der Waals surface area contributed by atoms with E-state index in [1.807, 2.05) is 6.07 Å². The van der Waals surface area contributed by atoms with E-state index in [1.165, 1.54) is 36.9 Å². The van der Waals surface area contributed by atoms with E-state index >= 15 is 0 Å². The van der Waals surface area contributed by atoms with Gasteiger partial charge in [-0.3, -0.25) is 14.6 Å². The molecule has 4 nitrogen and oxygen atoms in total. The number of carbonyl (C=O) groups is 1. The fourth-order valence-corrected chi connectivity index (χ4v) is 4.93. The van der Waals surface area contributed by atoms with E-state index in [2.05, 4.69) is 70.6 Å². The molecule has 2 aliphatic heterocycles. The Morgan fingerprint density at radius 3 is 2.53 bits per heavy atom. The van der Waals surface area contributed by atoms with Crippen LogP contribution in [0.2, 0.25) is 0 Å². The lowest BCUT2D eigenvalue weighted by Gasteiger charge is -2.33. The van der Waals surface area contributed by atoms with Gasteiger partial charge in [0.05, 0.1) is 6.54 Å². The zero-order valence-corrected chi connectivity index (χ0v) is 18.2. The first-order valence-corrected chi connectivity index (χ1v) is 11.6. The Morgan fingerprint density at radius 2 is 1.77 bits per heavy atom. The monoisotopic (exact) mass is 405 g/mol. The average Bonchev–Trinajstić information content (AvgIpc) is 2.77. The van der Waals surface area contributed by atoms with Crippen LogP contribution >= 0.6 is 0 Å². The van der Waals surface area contributed by atoms with Crippen molar-refractivity contribution in [3.63, 3.8) is 0 Å². The fourth-order valence-electron chi connectivity index (χ4n) is 4.93. The summed E-state index contributed by atoms with van der Waals surface area (Å²) in [6.07, 6.45) is 6.18. The van der Waals surface area contributed by atoms with Crippen molar-refractivity contribution in [3.8, 4) is 0 Å². The van der Waals surface area contributed by atoms with Crippen molar-refractivity contribution in [2.24, 2.45) is 0 Å². The molecule has 0 saturated carbocycles. The molecule has 160 valence electrons. The molecule has 2 fully saturated rings. The summed E-state index contributed by atoms with van der Waals surface area (Å²) >= 11 is 0. The molecule has 2 saturated heterocycles. The van der Waals surface area contributed by atoms with Crippen molar-refractivity contribution >= 4 is 11.6 Å². The highest BCUT2D eigenvalue weighted by molar-refractivity contribution is 5.92. The number of likely N-dealkylation sites (tertiary alicyclic amines) is 2. The van der Waals surface area contributed by atoms with E-state index in [9.17, 15) is 4.79 Å². The van der Waals surface area contributed by atoms with Gasteiger partial charge in [-0.15, -0.1) is 0 Å². The van der Waals surface area contributed by atoms with Gasteiger partial charge in [-0.1, -0.05) is 48.9 Å². The number of nitrogens with zero attached hydrogens (tertiary/aromatic N) is 2. The summed E-state index contributed by atoms with van der Waals surface area (Å²) in [6.45, 7) is 6.93. The van der Waals surface area contributed by atoms with Crippen molar-refractivity contribution in [1.82, 2.24) is 9.80 Å². The first-order valence-electron chi connectivity index (χ1n) is 11.6. The quantitative estimate of drug-likeness (QED) is 0.744. The normalized spacial score (nSPS) is 21.4. The van der Waals surface area contributed by atoms with E-state index in [-0.39, 0.29) is 5.91 Å². The summed E-state index contributed by atoms with van der Waals surface area (Å²) in [7, 11) is 0. The molecule has 0 aliphatic carbocycles. The SMILES string of the molecule is C[C@@H]1CCCCN1Cc1cccc(NC(=O)CN2CCC(c3ccccc3)CC2)c1. The van der Waals surface area contributed by atoms with Crippen LogP contribution in [0.15, 0.2) is 54.6 Å². The van der Waals surface area contributed by atoms with E-state index < -0.39 is 0 Å². The summed E-state index contributed by atoms with van der Waals surface area (Å²) in [5, 5.41) is 3.12. The molecule has 1 amide bonds. The van der Waals surface area contributed by atoms with Crippen molar-refractivity contribution in [2.45, 2.75) is 57.5 Å². The second-order valence-corrected chi connectivity index (χ2v) is 9.02. The average molecular weight is 406 g/mol. The summed E-state index contributed by atoms with van der Waals surface area (Å²) in [5.41, 5.74) is 3.63. The van der Waals surface area contributed by atoms with Crippen LogP contribution in [0.3, 0.4) is 0 Å². The summed E-state index contributed by atoms with van der Waals surface area (Å²) in [6, 6.07) is 19.8. The van der Waals surface area contributed by atoms with Gasteiger partial charge in [0.15, 0.2) is 0 Å². The summed E-state index contributed by atoms with van der Waals surface area (Å²) < 4.78 is 0. The van der Waals surface area contributed by atoms with Gasteiger partial charge in [0.25, 0.3) is 0 Å². The Kier molecular flexibility index (Phi) is 7.19. The highest BCUT2D eigenvalue weighted by atomic mass is 16.2. The molecule has 30 heavy (non-hydrogen) atoms. The van der Waals surface area contributed by atoms with Crippen LogP contribution in [0.5, 0.6) is 0 Å². The van der Waals surface area contributed by atoms with Gasteiger partial charge in [0, 0.05) is 18.3 Å². The molecule has 1 atom stereocenters. The molecule has 2 aliphatic rings. The molecule has 2 aromatic rings. The molecule has 4 heteroatoms. The maximum Gasteiger partial charge on any atom is 0.238 e. The third-order valence-electron chi connectivity index (χ3n) is 6.76. The Bertz CT molecular complexity index is 814. The lowest BCUT2D eigenvalue weighted by molar-refractivity contribution is -0.117. The second-order valence-electron chi connectivity index (χ2n) is 9.02. The summed E-state index contributed by atoms with van der Waals surface area (Å²) in [4.78, 5) is 17.5. The Labute approximate surface area is 181 Å². The summed E-state index contributed by atoms with van der Waals surface area (Å²) in [5.74, 6) is 0.719. The van der Waals surface area contributed by atoms with Crippen LogP contribution in [-0.2, 0) is 11.3 Å². The Balaban J connectivity index is 1.25. The zero-order valence-electron chi connectivity index (χ0n) is 18.2. The first kappa shape index (κ1) is 21.1. The molecular weight excluding hydrogens is 370 g/mol. The van der Waals surface area contributed by atoms with E-state index in [1.54, 1.807) is 0 Å². The lowest BCUT2D eigenvalue weighted by Crippen LogP contribution is -2.38. The zero-order chi connectivity index (χ0) is 20.8. The Hall–Kier alpha value is -2.17. The van der Waals surface area contributed by atoms with Crippen LogP contribution in [-0.4, -0.2) is 47.9 Å². The molecule has 0 unspecified atom stereocenters. The minimum absolute atomic E-state index is 0.0941. The smallest absolute Gasteiger partial charge is 0.238 e. The van der Waals surface area contributed by atoms with Gasteiger partial charge in [-0.2, -0.15) is 0 Å². The molecule has 0 spiro atoms. The van der Waals surface area contributed by atoms with E-state index in [4.69, 9.17) is 0 Å². The number of nitrogens with one attached hydrogen (secondary N) is 1. The third kappa shape index (κ3) is 5.71. The van der Waals surface area contributed by atoms with E-state index in [0.717, 1.165) is 38.2 Å². The molecule has 2 aromatic carbocycles. The van der Waals surface area contributed by atoms with Gasteiger partial charge >= 0.3 is 0 Å². The van der Waals surface area contributed by atoms with Gasteiger partial charge < -0.3 is 5.32 Å². The standard InChI is InChI=1S/C26H35N3O/c1-21-8-5-6-15-29(21)19-22-9-7-12-25(18-22)27-26(30)20-28-16-13-24(14-17-28)23-10-3-2-4-11-23/h2-4,7,9-12,18,21,24H,5-6,8,13-17,19-20H2,1H3,(H,27,30)/t21-/m1/s1. The molecule has 0 bridgehead atoms. The maximum atomic E-state index is 12.6. The maximum absolute atomic E-state index is 12.6. The van der Waals surface area contributed by atoms with Crippen LogP contribution in [0, 0.1) is 0 Å². The van der Waals surface area contributed by atoms with Crippen molar-refractivity contribution in [3.05, 3.63) is 65.7 Å². The predicted molar refractivity (Wildman–Crippen MR) is 124 cm³/mol. The molecule has 2 heterocycles. The fraction of sp³-hybridized carbons (Fsp3) is 0.500. The minimum Gasteiger partial charge on any atom is -0.325 e. The van der Waals surface area contributed by atoms with Crippen LogP contribution in [0.4, 0.5) is 5.69 Å². The molecule has 0 aromatic heterocycles. The van der Waals surface area contributed by atoms with Crippen LogP contribution in [0.25, 0.3) is 0 Å². The van der Waals surface area contributed by atoms with E-state index in [0.29, 0.717) is 18.5 Å². The number of benzene rings is 2. The number of amides is 1. The Morgan fingerprint density at radius 1 is 0.967 bits per heavy atom. The number of rotatable bonds is 6. The number of anilines is 1. The highest BCUT2D eigenvalue weighted by Gasteiger charge is 2.22. The lowest BCUT2D eigenvalue weighted by atomic mass is 9.89. The number of hydrogen-bond acceptors (Lipinski definition) is 3. The van der Waals surface area contributed by atoms with Gasteiger partial charge in [-0.05, 0) is 81.4 Å². The van der Waals surface area contributed by atoms with Gasteiger partial charge in [-0.25, -0.2) is 0 Å². The highest BCUT2D eigenvalue weighted by Crippen LogP contribution is 2.27. The number of piperidine rings is 2. The number of carbonyl (C=O) groups excluding carboxylic acids is 1. The minimum atomic E-state index is 0.0941. The van der Waals surface area contributed by atoms with Crippen molar-refractivity contribution in [2.75, 3.05) is 31.5 Å². The molecule has 4 rings (SSSR count). The van der Waals surface area contributed by atoms with Crippen LogP contribution < -0.4 is 5.32 Å². The third-order valence-corrected chi connectivity index (χ3v) is 6.76. The van der Waals surface area contributed by atoms with Crippen LogP contribution in [0.1, 0.15) is 56.1 Å². The van der Waals surface area contributed by atoms with Crippen molar-refractivity contribution < 1.29 is 4.79 Å². The van der Waals surface area contributed by atoms with Gasteiger partial charge in [0.1, 0.15) is 0 Å². The first-order chi connectivity index (χ1) is 14.7. The molecular formula is C26H35N3O. The second kappa shape index (κ2) is 10.2. The molecule has 1 N–H and O–H groups in total. The topological polar surface area (TPSA) is 35.6 Å². The largest absolute Gasteiger partial charge is 0.325 e. The van der Waals surface area contributed by atoms with Crippen molar-refractivity contribution in [1.29, 1.82) is 0 Å². The number of hydrogen-bond donors (Lipinski definition) is 1.